The zero-order valence-corrected chi connectivity index (χ0v) is 19.9. The fraction of sp³-hybridized carbons (Fsp3) is 0.364. The highest BCUT2D eigenvalue weighted by atomic mass is 35.5. The number of piperazine rings is 1. The molecule has 8 heteroatoms. The second-order valence-electron chi connectivity index (χ2n) is 7.31. The van der Waals surface area contributed by atoms with Gasteiger partial charge in [-0.3, -0.25) is 4.79 Å². The summed E-state index contributed by atoms with van der Waals surface area (Å²) >= 11 is 15.7. The molecule has 0 aliphatic carbocycles. The second-order valence-corrected chi connectivity index (χ2v) is 10.3. The number of benzene rings is 2. The standard InChI is InChI=1S/C22H23Cl2N3OS2/c1-15-4-9-18(24)21-20(15)25-22(30-21)27-12-10-26(11-13-27)19(28)3-2-14-29-17-7-5-16(23)6-8-17/h4-9H,2-3,10-14H2,1H3. The summed E-state index contributed by atoms with van der Waals surface area (Å²) < 4.78 is 1.04. The van der Waals surface area contributed by atoms with Crippen molar-refractivity contribution in [3.63, 3.8) is 0 Å². The summed E-state index contributed by atoms with van der Waals surface area (Å²) in [5, 5.41) is 2.50. The van der Waals surface area contributed by atoms with Gasteiger partial charge in [-0.2, -0.15) is 0 Å². The summed E-state index contributed by atoms with van der Waals surface area (Å²) in [6.45, 7) is 5.16. The monoisotopic (exact) mass is 479 g/mol. The minimum Gasteiger partial charge on any atom is -0.345 e. The number of hydrogen-bond acceptors (Lipinski definition) is 5. The van der Waals surface area contributed by atoms with Crippen molar-refractivity contribution in [2.45, 2.75) is 24.7 Å². The van der Waals surface area contributed by atoms with Crippen LogP contribution in [0.5, 0.6) is 0 Å². The van der Waals surface area contributed by atoms with E-state index < -0.39 is 0 Å². The van der Waals surface area contributed by atoms with Crippen molar-refractivity contribution in [3.05, 3.63) is 52.0 Å². The number of carbonyl (C=O) groups excluding carboxylic acids is 1. The Morgan fingerprint density at radius 1 is 1.10 bits per heavy atom. The first-order chi connectivity index (χ1) is 14.5. The second kappa shape index (κ2) is 9.77. The van der Waals surface area contributed by atoms with E-state index in [1.54, 1.807) is 23.1 Å². The van der Waals surface area contributed by atoms with Crippen LogP contribution in [0.2, 0.25) is 10.0 Å². The van der Waals surface area contributed by atoms with Crippen LogP contribution in [0.15, 0.2) is 41.3 Å². The molecule has 0 radical (unpaired) electrons. The summed E-state index contributed by atoms with van der Waals surface area (Å²) in [5.74, 6) is 1.17. The lowest BCUT2D eigenvalue weighted by atomic mass is 10.2. The molecule has 0 bridgehead atoms. The van der Waals surface area contributed by atoms with Crippen LogP contribution in [0.4, 0.5) is 5.13 Å². The maximum atomic E-state index is 12.6. The number of halogens is 2. The highest BCUT2D eigenvalue weighted by molar-refractivity contribution is 7.99. The SMILES string of the molecule is Cc1ccc(Cl)c2sc(N3CCN(C(=O)CCCSc4ccc(Cl)cc4)CC3)nc12. The Kier molecular flexibility index (Phi) is 7.08. The molecule has 2 aromatic carbocycles. The number of carbonyl (C=O) groups is 1. The zero-order chi connectivity index (χ0) is 21.1. The first kappa shape index (κ1) is 21.8. The quantitative estimate of drug-likeness (QED) is 0.314. The number of amides is 1. The first-order valence-corrected chi connectivity index (χ1v) is 12.5. The van der Waals surface area contributed by atoms with Crippen molar-refractivity contribution in [1.82, 2.24) is 9.88 Å². The maximum absolute atomic E-state index is 12.6. The van der Waals surface area contributed by atoms with Gasteiger partial charge < -0.3 is 9.80 Å². The molecule has 30 heavy (non-hydrogen) atoms. The number of thiazole rings is 1. The number of fused-ring (bicyclic) bond motifs is 1. The topological polar surface area (TPSA) is 36.4 Å². The minimum absolute atomic E-state index is 0.245. The molecule has 1 aromatic heterocycles. The van der Waals surface area contributed by atoms with Crippen LogP contribution < -0.4 is 4.90 Å². The minimum atomic E-state index is 0.245. The Balaban J connectivity index is 1.25. The van der Waals surface area contributed by atoms with Crippen LogP contribution in [0.3, 0.4) is 0 Å². The van der Waals surface area contributed by atoms with Gasteiger partial charge in [0.15, 0.2) is 5.13 Å². The summed E-state index contributed by atoms with van der Waals surface area (Å²) in [6, 6.07) is 11.8. The number of aryl methyl sites for hydroxylation is 1. The molecule has 158 valence electrons. The molecule has 0 spiro atoms. The van der Waals surface area contributed by atoms with Gasteiger partial charge in [-0.15, -0.1) is 11.8 Å². The van der Waals surface area contributed by atoms with Crippen LogP contribution in [0.1, 0.15) is 18.4 Å². The van der Waals surface area contributed by atoms with Crippen LogP contribution in [0.25, 0.3) is 10.2 Å². The number of nitrogens with zero attached hydrogens (tertiary/aromatic N) is 3. The lowest BCUT2D eigenvalue weighted by Gasteiger charge is -2.34. The number of aromatic nitrogens is 1. The fourth-order valence-corrected chi connectivity index (χ4v) is 5.82. The molecule has 2 heterocycles. The van der Waals surface area contributed by atoms with Gasteiger partial charge in [-0.1, -0.05) is 40.6 Å². The van der Waals surface area contributed by atoms with Crippen molar-refractivity contribution in [1.29, 1.82) is 0 Å². The van der Waals surface area contributed by atoms with E-state index in [2.05, 4.69) is 11.8 Å². The van der Waals surface area contributed by atoms with E-state index in [4.69, 9.17) is 28.2 Å². The molecule has 1 amide bonds. The smallest absolute Gasteiger partial charge is 0.222 e. The molecule has 3 aromatic rings. The van der Waals surface area contributed by atoms with Gasteiger partial charge in [-0.25, -0.2) is 4.98 Å². The number of hydrogen-bond donors (Lipinski definition) is 0. The largest absolute Gasteiger partial charge is 0.345 e. The van der Waals surface area contributed by atoms with E-state index in [1.165, 1.54) is 4.90 Å². The lowest BCUT2D eigenvalue weighted by molar-refractivity contribution is -0.131. The Labute approximate surface area is 195 Å². The van der Waals surface area contributed by atoms with E-state index in [1.807, 2.05) is 41.3 Å². The summed E-state index contributed by atoms with van der Waals surface area (Å²) in [6.07, 6.45) is 1.47. The van der Waals surface area contributed by atoms with Crippen molar-refractivity contribution >= 4 is 67.6 Å². The third-order valence-corrected chi connectivity index (χ3v) is 8.13. The third-order valence-electron chi connectivity index (χ3n) is 5.21. The molecule has 0 unspecified atom stereocenters. The van der Waals surface area contributed by atoms with E-state index in [0.29, 0.717) is 6.42 Å². The van der Waals surface area contributed by atoms with E-state index in [-0.39, 0.29) is 5.91 Å². The number of thioether (sulfide) groups is 1. The Morgan fingerprint density at radius 2 is 1.83 bits per heavy atom. The zero-order valence-electron chi connectivity index (χ0n) is 16.7. The summed E-state index contributed by atoms with van der Waals surface area (Å²) in [4.78, 5) is 22.8. The first-order valence-electron chi connectivity index (χ1n) is 9.98. The maximum Gasteiger partial charge on any atom is 0.222 e. The van der Waals surface area contributed by atoms with Gasteiger partial charge in [0, 0.05) is 42.5 Å². The third kappa shape index (κ3) is 5.05. The van der Waals surface area contributed by atoms with Crippen molar-refractivity contribution in [2.75, 3.05) is 36.8 Å². The van der Waals surface area contributed by atoms with Crippen LogP contribution >= 0.6 is 46.3 Å². The molecule has 4 rings (SSSR count). The Bertz CT molecular complexity index is 992. The number of anilines is 1. The highest BCUT2D eigenvalue weighted by Crippen LogP contribution is 2.35. The fourth-order valence-electron chi connectivity index (χ4n) is 3.48. The molecular weight excluding hydrogens is 457 g/mol. The average Bonchev–Trinajstić information content (AvgIpc) is 3.22. The van der Waals surface area contributed by atoms with Crippen molar-refractivity contribution in [2.24, 2.45) is 0 Å². The molecule has 0 saturated carbocycles. The van der Waals surface area contributed by atoms with Gasteiger partial charge in [0.2, 0.25) is 5.91 Å². The Hall–Kier alpha value is -1.47. The van der Waals surface area contributed by atoms with Crippen LogP contribution in [0, 0.1) is 6.92 Å². The van der Waals surface area contributed by atoms with E-state index >= 15 is 0 Å². The molecule has 1 saturated heterocycles. The van der Waals surface area contributed by atoms with Gasteiger partial charge in [-0.05, 0) is 55.0 Å². The summed E-state index contributed by atoms with van der Waals surface area (Å²) in [7, 11) is 0. The van der Waals surface area contributed by atoms with Crippen LogP contribution in [-0.2, 0) is 4.79 Å². The Morgan fingerprint density at radius 3 is 2.53 bits per heavy atom. The van der Waals surface area contributed by atoms with E-state index in [0.717, 1.165) is 69.3 Å². The van der Waals surface area contributed by atoms with Gasteiger partial charge >= 0.3 is 0 Å². The van der Waals surface area contributed by atoms with Gasteiger partial charge in [0.25, 0.3) is 0 Å². The number of rotatable bonds is 6. The molecule has 4 nitrogen and oxygen atoms in total. The van der Waals surface area contributed by atoms with Gasteiger partial charge in [0.05, 0.1) is 15.2 Å². The van der Waals surface area contributed by atoms with Crippen LogP contribution in [-0.4, -0.2) is 47.7 Å². The van der Waals surface area contributed by atoms with Crippen molar-refractivity contribution in [3.8, 4) is 0 Å². The van der Waals surface area contributed by atoms with Gasteiger partial charge in [0.1, 0.15) is 0 Å². The molecule has 1 fully saturated rings. The average molecular weight is 480 g/mol. The molecule has 0 atom stereocenters. The normalized spacial score (nSPS) is 14.5. The summed E-state index contributed by atoms with van der Waals surface area (Å²) in [5.41, 5.74) is 2.13. The van der Waals surface area contributed by atoms with E-state index in [9.17, 15) is 4.79 Å². The highest BCUT2D eigenvalue weighted by Gasteiger charge is 2.23. The predicted octanol–water partition coefficient (Wildman–Crippen LogP) is 6.13. The lowest BCUT2D eigenvalue weighted by Crippen LogP contribution is -2.48. The van der Waals surface area contributed by atoms with Crippen molar-refractivity contribution < 1.29 is 4.79 Å². The molecule has 1 aliphatic rings. The molecule has 1 aliphatic heterocycles. The molecule has 0 N–H and O–H groups in total. The predicted molar refractivity (Wildman–Crippen MR) is 130 cm³/mol. The molecular formula is C22H23Cl2N3OS2.